The summed E-state index contributed by atoms with van der Waals surface area (Å²) in [6.45, 7) is 7.91. The predicted molar refractivity (Wildman–Crippen MR) is 120 cm³/mol. The molecule has 30 heavy (non-hydrogen) atoms. The van der Waals surface area contributed by atoms with Gasteiger partial charge >= 0.3 is 0 Å². The van der Waals surface area contributed by atoms with Crippen LogP contribution in [0.15, 0.2) is 53.4 Å². The second kappa shape index (κ2) is 7.95. The lowest BCUT2D eigenvalue weighted by atomic mass is 10.1. The molecular weight excluding hydrogens is 400 g/mol. The quantitative estimate of drug-likeness (QED) is 0.551. The normalized spacial score (nSPS) is 11.9. The van der Waals surface area contributed by atoms with E-state index in [0.29, 0.717) is 28.7 Å². The first-order valence-electron chi connectivity index (χ1n) is 9.44. The maximum Gasteiger partial charge on any atom is 0.175 e. The molecule has 0 aliphatic rings. The number of aryl methyl sites for hydroxylation is 1. The number of rotatable bonds is 5. The Labute approximate surface area is 177 Å². The SMILES string of the molecule is Cc1cc(Nc2cc(NC(C)(C)C)nc(-c3cccc(O)c3)n2)cc(S(C)(=O)=O)c1. The van der Waals surface area contributed by atoms with E-state index in [9.17, 15) is 13.5 Å². The van der Waals surface area contributed by atoms with E-state index < -0.39 is 9.84 Å². The van der Waals surface area contributed by atoms with Crippen molar-refractivity contribution in [3.05, 3.63) is 54.1 Å². The van der Waals surface area contributed by atoms with Gasteiger partial charge in [-0.3, -0.25) is 0 Å². The Kier molecular flexibility index (Phi) is 5.72. The maximum atomic E-state index is 12.0. The summed E-state index contributed by atoms with van der Waals surface area (Å²) in [5, 5.41) is 16.3. The van der Waals surface area contributed by atoms with Gasteiger partial charge in [-0.1, -0.05) is 12.1 Å². The molecule has 1 heterocycles. The van der Waals surface area contributed by atoms with Crippen molar-refractivity contribution in [1.82, 2.24) is 9.97 Å². The van der Waals surface area contributed by atoms with E-state index in [2.05, 4.69) is 20.6 Å². The van der Waals surface area contributed by atoms with Crippen LogP contribution < -0.4 is 10.6 Å². The van der Waals surface area contributed by atoms with Gasteiger partial charge in [-0.05, 0) is 63.6 Å². The summed E-state index contributed by atoms with van der Waals surface area (Å²) in [5.41, 5.74) is 1.86. The number of nitrogens with zero attached hydrogens (tertiary/aromatic N) is 2. The minimum absolute atomic E-state index is 0.122. The van der Waals surface area contributed by atoms with Crippen LogP contribution in [0.25, 0.3) is 11.4 Å². The number of aromatic nitrogens is 2. The zero-order chi connectivity index (χ0) is 22.1. The van der Waals surface area contributed by atoms with E-state index >= 15 is 0 Å². The summed E-state index contributed by atoms with van der Waals surface area (Å²) in [4.78, 5) is 9.38. The highest BCUT2D eigenvalue weighted by molar-refractivity contribution is 7.90. The van der Waals surface area contributed by atoms with Crippen molar-refractivity contribution in [2.24, 2.45) is 0 Å². The molecule has 0 amide bonds. The molecule has 0 spiro atoms. The Morgan fingerprint density at radius 3 is 2.30 bits per heavy atom. The van der Waals surface area contributed by atoms with Crippen molar-refractivity contribution in [1.29, 1.82) is 0 Å². The van der Waals surface area contributed by atoms with Gasteiger partial charge < -0.3 is 15.7 Å². The van der Waals surface area contributed by atoms with Gasteiger partial charge in [0.25, 0.3) is 0 Å². The van der Waals surface area contributed by atoms with E-state index in [1.54, 1.807) is 36.4 Å². The molecule has 0 atom stereocenters. The molecule has 0 saturated carbocycles. The number of hydrogen-bond donors (Lipinski definition) is 3. The highest BCUT2D eigenvalue weighted by Gasteiger charge is 2.15. The molecule has 3 rings (SSSR count). The second-order valence-electron chi connectivity index (χ2n) is 8.32. The predicted octanol–water partition coefficient (Wildman–Crippen LogP) is 4.52. The second-order valence-corrected chi connectivity index (χ2v) is 10.3. The molecular formula is C22H26N4O3S. The van der Waals surface area contributed by atoms with Crippen LogP contribution >= 0.6 is 0 Å². The molecule has 3 aromatic rings. The number of nitrogens with one attached hydrogen (secondary N) is 2. The van der Waals surface area contributed by atoms with Gasteiger partial charge in [-0.15, -0.1) is 0 Å². The fourth-order valence-electron chi connectivity index (χ4n) is 2.92. The van der Waals surface area contributed by atoms with Crippen LogP contribution in [0.1, 0.15) is 26.3 Å². The highest BCUT2D eigenvalue weighted by atomic mass is 32.2. The molecule has 1 aromatic heterocycles. The van der Waals surface area contributed by atoms with Gasteiger partial charge in [-0.2, -0.15) is 0 Å². The molecule has 3 N–H and O–H groups in total. The first-order chi connectivity index (χ1) is 13.9. The summed E-state index contributed by atoms with van der Waals surface area (Å²) < 4.78 is 24.0. The lowest BCUT2D eigenvalue weighted by Crippen LogP contribution is -2.26. The number of phenols is 1. The first-order valence-corrected chi connectivity index (χ1v) is 11.3. The Bertz CT molecular complexity index is 1190. The fourth-order valence-corrected chi connectivity index (χ4v) is 3.66. The number of sulfone groups is 1. The van der Waals surface area contributed by atoms with Crippen molar-refractivity contribution in [3.63, 3.8) is 0 Å². The molecule has 0 radical (unpaired) electrons. The van der Waals surface area contributed by atoms with Crippen molar-refractivity contribution in [2.45, 2.75) is 38.1 Å². The fraction of sp³-hybridized carbons (Fsp3) is 0.273. The van der Waals surface area contributed by atoms with Gasteiger partial charge in [0.05, 0.1) is 4.90 Å². The molecule has 0 unspecified atom stereocenters. The summed E-state index contributed by atoms with van der Waals surface area (Å²) in [6.07, 6.45) is 1.18. The average Bonchev–Trinajstić information content (AvgIpc) is 2.58. The largest absolute Gasteiger partial charge is 0.508 e. The summed E-state index contributed by atoms with van der Waals surface area (Å²) in [7, 11) is -3.34. The van der Waals surface area contributed by atoms with Crippen LogP contribution in [-0.2, 0) is 9.84 Å². The lowest BCUT2D eigenvalue weighted by Gasteiger charge is -2.22. The maximum absolute atomic E-state index is 12.0. The Morgan fingerprint density at radius 2 is 1.67 bits per heavy atom. The van der Waals surface area contributed by atoms with Gasteiger partial charge in [0.1, 0.15) is 17.4 Å². The number of benzene rings is 2. The molecule has 0 saturated heterocycles. The van der Waals surface area contributed by atoms with E-state index in [1.807, 2.05) is 39.8 Å². The number of phenolic OH excluding ortho intramolecular Hbond substituents is 1. The highest BCUT2D eigenvalue weighted by Crippen LogP contribution is 2.27. The van der Waals surface area contributed by atoms with E-state index in [1.165, 1.54) is 6.26 Å². The van der Waals surface area contributed by atoms with E-state index in [-0.39, 0.29) is 16.2 Å². The van der Waals surface area contributed by atoms with E-state index in [0.717, 1.165) is 5.56 Å². The van der Waals surface area contributed by atoms with Gasteiger partial charge in [-0.25, -0.2) is 18.4 Å². The Morgan fingerprint density at radius 1 is 0.967 bits per heavy atom. The summed E-state index contributed by atoms with van der Waals surface area (Å²) in [5.74, 6) is 1.66. The molecule has 7 nitrogen and oxygen atoms in total. The van der Waals surface area contributed by atoms with Gasteiger partial charge in [0, 0.05) is 29.1 Å². The topological polar surface area (TPSA) is 104 Å². The molecule has 2 aromatic carbocycles. The minimum Gasteiger partial charge on any atom is -0.508 e. The van der Waals surface area contributed by atoms with Crippen LogP contribution in [0.3, 0.4) is 0 Å². The Balaban J connectivity index is 2.07. The summed E-state index contributed by atoms with van der Waals surface area (Å²) in [6, 6.07) is 13.5. The number of hydrogen-bond acceptors (Lipinski definition) is 7. The minimum atomic E-state index is -3.34. The molecule has 0 fully saturated rings. The lowest BCUT2D eigenvalue weighted by molar-refractivity contribution is 0.475. The third-order valence-electron chi connectivity index (χ3n) is 4.08. The van der Waals surface area contributed by atoms with E-state index in [4.69, 9.17) is 0 Å². The molecule has 8 heteroatoms. The number of anilines is 3. The molecule has 0 aliphatic carbocycles. The van der Waals surface area contributed by atoms with Crippen LogP contribution in [0.5, 0.6) is 5.75 Å². The molecule has 0 aliphatic heterocycles. The van der Waals surface area contributed by atoms with Crippen molar-refractivity contribution < 1.29 is 13.5 Å². The van der Waals surface area contributed by atoms with Gasteiger partial charge in [0.2, 0.25) is 0 Å². The number of aromatic hydroxyl groups is 1. The Hall–Kier alpha value is -3.13. The van der Waals surface area contributed by atoms with Crippen LogP contribution in [-0.4, -0.2) is 35.3 Å². The third-order valence-corrected chi connectivity index (χ3v) is 5.18. The van der Waals surface area contributed by atoms with Crippen LogP contribution in [0.4, 0.5) is 17.3 Å². The third kappa shape index (κ3) is 5.70. The zero-order valence-corrected chi connectivity index (χ0v) is 18.5. The average molecular weight is 427 g/mol. The monoisotopic (exact) mass is 426 g/mol. The van der Waals surface area contributed by atoms with Crippen LogP contribution in [0.2, 0.25) is 0 Å². The van der Waals surface area contributed by atoms with Crippen molar-refractivity contribution in [3.8, 4) is 17.1 Å². The summed E-state index contributed by atoms with van der Waals surface area (Å²) >= 11 is 0. The first kappa shape index (κ1) is 21.6. The zero-order valence-electron chi connectivity index (χ0n) is 17.7. The van der Waals surface area contributed by atoms with Crippen molar-refractivity contribution in [2.75, 3.05) is 16.9 Å². The smallest absolute Gasteiger partial charge is 0.175 e. The van der Waals surface area contributed by atoms with Crippen molar-refractivity contribution >= 4 is 27.2 Å². The standard InChI is InChI=1S/C22H26N4O3S/c1-14-9-16(12-18(10-14)30(5,28)29)23-19-13-20(26-22(2,3)4)25-21(24-19)15-7-6-8-17(27)11-15/h6-13,27H,1-5H3,(H2,23,24,25,26). The molecule has 0 bridgehead atoms. The molecule has 158 valence electrons. The van der Waals surface area contributed by atoms with Crippen LogP contribution in [0, 0.1) is 6.92 Å². The van der Waals surface area contributed by atoms with Gasteiger partial charge in [0.15, 0.2) is 15.7 Å².